The second kappa shape index (κ2) is 8.00. The molecule has 0 spiro atoms. The van der Waals surface area contributed by atoms with E-state index in [9.17, 15) is 4.79 Å². The number of hydrogen-bond acceptors (Lipinski definition) is 2. The van der Waals surface area contributed by atoms with Gasteiger partial charge in [-0.15, -0.1) is 11.6 Å². The molecular formula is C15H21ClN2O2. The van der Waals surface area contributed by atoms with Crippen LogP contribution in [0.5, 0.6) is 5.75 Å². The number of hydrogen-bond donors (Lipinski definition) is 2. The molecule has 110 valence electrons. The Morgan fingerprint density at radius 3 is 2.55 bits per heavy atom. The Bertz CT molecular complexity index is 416. The van der Waals surface area contributed by atoms with E-state index in [1.54, 1.807) is 0 Å². The predicted octanol–water partition coefficient (Wildman–Crippen LogP) is 3.76. The quantitative estimate of drug-likeness (QED) is 0.813. The standard InChI is InChI=1S/C15H21ClN2O2/c16-10-11-17-15(19)18-12-6-8-14(9-7-12)20-13-4-2-1-3-5-13/h6-9,13H,1-5,10-11H2,(H2,17,18,19). The Balaban J connectivity index is 1.81. The number of anilines is 1. The predicted molar refractivity (Wildman–Crippen MR) is 81.7 cm³/mol. The number of carbonyl (C=O) groups is 1. The number of urea groups is 1. The molecule has 1 aromatic rings. The van der Waals surface area contributed by atoms with Crippen molar-refractivity contribution in [3.63, 3.8) is 0 Å². The summed E-state index contributed by atoms with van der Waals surface area (Å²) in [5.41, 5.74) is 0.744. The van der Waals surface area contributed by atoms with Crippen LogP contribution in [0, 0.1) is 0 Å². The van der Waals surface area contributed by atoms with Crippen molar-refractivity contribution in [1.29, 1.82) is 0 Å². The lowest BCUT2D eigenvalue weighted by molar-refractivity contribution is 0.155. The molecule has 5 heteroatoms. The molecule has 20 heavy (non-hydrogen) atoms. The fraction of sp³-hybridized carbons (Fsp3) is 0.533. The Hall–Kier alpha value is -1.42. The van der Waals surface area contributed by atoms with Gasteiger partial charge in [-0.2, -0.15) is 0 Å². The van der Waals surface area contributed by atoms with Crippen LogP contribution in [0.3, 0.4) is 0 Å². The molecule has 2 amide bonds. The van der Waals surface area contributed by atoms with E-state index in [2.05, 4.69) is 10.6 Å². The number of halogens is 1. The average molecular weight is 297 g/mol. The van der Waals surface area contributed by atoms with Crippen LogP contribution in [0.2, 0.25) is 0 Å². The van der Waals surface area contributed by atoms with Crippen LogP contribution in [-0.2, 0) is 0 Å². The molecule has 2 N–H and O–H groups in total. The van der Waals surface area contributed by atoms with Gasteiger partial charge in [0.1, 0.15) is 5.75 Å². The first-order valence-electron chi connectivity index (χ1n) is 7.15. The molecule has 1 saturated carbocycles. The van der Waals surface area contributed by atoms with Crippen molar-refractivity contribution in [3.05, 3.63) is 24.3 Å². The number of nitrogens with one attached hydrogen (secondary N) is 2. The molecule has 0 saturated heterocycles. The first-order chi connectivity index (χ1) is 9.78. The maximum absolute atomic E-state index is 11.5. The van der Waals surface area contributed by atoms with E-state index < -0.39 is 0 Å². The summed E-state index contributed by atoms with van der Waals surface area (Å²) in [7, 11) is 0. The van der Waals surface area contributed by atoms with Gasteiger partial charge >= 0.3 is 6.03 Å². The van der Waals surface area contributed by atoms with E-state index in [4.69, 9.17) is 16.3 Å². The zero-order chi connectivity index (χ0) is 14.2. The lowest BCUT2D eigenvalue weighted by Gasteiger charge is -2.23. The van der Waals surface area contributed by atoms with E-state index in [0.29, 0.717) is 18.5 Å². The number of ether oxygens (including phenoxy) is 1. The molecule has 0 radical (unpaired) electrons. The number of benzene rings is 1. The van der Waals surface area contributed by atoms with Crippen molar-refractivity contribution < 1.29 is 9.53 Å². The third-order valence-electron chi connectivity index (χ3n) is 3.35. The minimum atomic E-state index is -0.244. The van der Waals surface area contributed by atoms with Gasteiger partial charge in [0.25, 0.3) is 0 Å². The highest BCUT2D eigenvalue weighted by Gasteiger charge is 2.14. The summed E-state index contributed by atoms with van der Waals surface area (Å²) in [4.78, 5) is 11.5. The van der Waals surface area contributed by atoms with Gasteiger partial charge in [0.2, 0.25) is 0 Å². The maximum Gasteiger partial charge on any atom is 0.319 e. The van der Waals surface area contributed by atoms with E-state index in [0.717, 1.165) is 24.3 Å². The molecule has 0 aromatic heterocycles. The van der Waals surface area contributed by atoms with Crippen molar-refractivity contribution in [2.45, 2.75) is 38.2 Å². The van der Waals surface area contributed by atoms with Crippen molar-refractivity contribution in [1.82, 2.24) is 5.32 Å². The van der Waals surface area contributed by atoms with E-state index >= 15 is 0 Å². The van der Waals surface area contributed by atoms with Crippen LogP contribution in [0.4, 0.5) is 10.5 Å². The summed E-state index contributed by atoms with van der Waals surface area (Å²) in [6, 6.07) is 7.24. The molecule has 0 bridgehead atoms. The molecule has 0 atom stereocenters. The molecule has 0 heterocycles. The lowest BCUT2D eigenvalue weighted by Crippen LogP contribution is -2.30. The Morgan fingerprint density at radius 2 is 1.90 bits per heavy atom. The summed E-state index contributed by atoms with van der Waals surface area (Å²) in [6.45, 7) is 0.455. The fourth-order valence-electron chi connectivity index (χ4n) is 2.33. The molecule has 4 nitrogen and oxygen atoms in total. The van der Waals surface area contributed by atoms with Gasteiger partial charge in [0.15, 0.2) is 0 Å². The lowest BCUT2D eigenvalue weighted by atomic mass is 9.98. The van der Waals surface area contributed by atoms with Crippen molar-refractivity contribution in [3.8, 4) is 5.75 Å². The maximum atomic E-state index is 11.5. The summed E-state index contributed by atoms with van der Waals surface area (Å²) in [6.07, 6.45) is 6.45. The first kappa shape index (κ1) is 15.0. The van der Waals surface area contributed by atoms with Crippen LogP contribution >= 0.6 is 11.6 Å². The summed E-state index contributed by atoms with van der Waals surface area (Å²) in [5.74, 6) is 1.27. The van der Waals surface area contributed by atoms with Crippen LogP contribution in [-0.4, -0.2) is 24.6 Å². The highest BCUT2D eigenvalue weighted by molar-refractivity contribution is 6.18. The molecule has 1 aromatic carbocycles. The summed E-state index contributed by atoms with van der Waals surface area (Å²) in [5, 5.41) is 5.39. The average Bonchev–Trinajstić information content (AvgIpc) is 2.48. The van der Waals surface area contributed by atoms with E-state index in [-0.39, 0.29) is 6.03 Å². The fourth-order valence-corrected chi connectivity index (χ4v) is 2.42. The third-order valence-corrected chi connectivity index (χ3v) is 3.54. The van der Waals surface area contributed by atoms with Crippen LogP contribution in [0.1, 0.15) is 32.1 Å². The molecule has 1 aliphatic rings. The Kier molecular flexibility index (Phi) is 5.99. The van der Waals surface area contributed by atoms with Crippen LogP contribution in [0.15, 0.2) is 24.3 Å². The zero-order valence-corrected chi connectivity index (χ0v) is 12.3. The molecule has 1 fully saturated rings. The molecule has 2 rings (SSSR count). The second-order valence-corrected chi connectivity index (χ2v) is 5.35. The normalized spacial score (nSPS) is 15.7. The number of rotatable bonds is 5. The zero-order valence-electron chi connectivity index (χ0n) is 11.5. The SMILES string of the molecule is O=C(NCCCl)Nc1ccc(OC2CCCCC2)cc1. The van der Waals surface area contributed by atoms with Gasteiger partial charge in [0, 0.05) is 18.1 Å². The molecular weight excluding hydrogens is 276 g/mol. The second-order valence-electron chi connectivity index (χ2n) is 4.97. The monoisotopic (exact) mass is 296 g/mol. The number of alkyl halides is 1. The van der Waals surface area contributed by atoms with Gasteiger partial charge in [-0.1, -0.05) is 6.42 Å². The number of carbonyl (C=O) groups excluding carboxylic acids is 1. The minimum absolute atomic E-state index is 0.244. The van der Waals surface area contributed by atoms with Crippen LogP contribution < -0.4 is 15.4 Å². The minimum Gasteiger partial charge on any atom is -0.490 e. The molecule has 0 aliphatic heterocycles. The molecule has 1 aliphatic carbocycles. The first-order valence-corrected chi connectivity index (χ1v) is 7.69. The van der Waals surface area contributed by atoms with Crippen molar-refractivity contribution in [2.75, 3.05) is 17.7 Å². The third kappa shape index (κ3) is 4.93. The smallest absolute Gasteiger partial charge is 0.319 e. The Morgan fingerprint density at radius 1 is 1.20 bits per heavy atom. The Labute approximate surface area is 124 Å². The van der Waals surface area contributed by atoms with Crippen LogP contribution in [0.25, 0.3) is 0 Å². The van der Waals surface area contributed by atoms with Crippen molar-refractivity contribution in [2.24, 2.45) is 0 Å². The summed E-state index contributed by atoms with van der Waals surface area (Å²) >= 11 is 5.50. The van der Waals surface area contributed by atoms with Gasteiger partial charge in [-0.05, 0) is 49.9 Å². The molecule has 0 unspecified atom stereocenters. The van der Waals surface area contributed by atoms with E-state index in [1.807, 2.05) is 24.3 Å². The highest BCUT2D eigenvalue weighted by atomic mass is 35.5. The van der Waals surface area contributed by atoms with Gasteiger partial charge in [-0.3, -0.25) is 0 Å². The largest absolute Gasteiger partial charge is 0.490 e. The summed E-state index contributed by atoms with van der Waals surface area (Å²) < 4.78 is 5.93. The number of amides is 2. The highest BCUT2D eigenvalue weighted by Crippen LogP contribution is 2.24. The van der Waals surface area contributed by atoms with Gasteiger partial charge in [-0.25, -0.2) is 4.79 Å². The van der Waals surface area contributed by atoms with Crippen molar-refractivity contribution >= 4 is 23.3 Å². The van der Waals surface area contributed by atoms with E-state index in [1.165, 1.54) is 19.3 Å². The van der Waals surface area contributed by atoms with Gasteiger partial charge < -0.3 is 15.4 Å². The van der Waals surface area contributed by atoms with Gasteiger partial charge in [0.05, 0.1) is 6.10 Å². The topological polar surface area (TPSA) is 50.4 Å².